The normalized spacial score (nSPS) is 30.7. The topological polar surface area (TPSA) is 30.5 Å². The van der Waals surface area contributed by atoms with E-state index in [-0.39, 0.29) is 11.4 Å². The Balaban J connectivity index is 1.69. The van der Waals surface area contributed by atoms with E-state index >= 15 is 0 Å². The summed E-state index contributed by atoms with van der Waals surface area (Å²) in [6.45, 7) is 2.26. The Morgan fingerprint density at radius 3 is 3.00 bits per heavy atom. The van der Waals surface area contributed by atoms with Crippen LogP contribution >= 0.6 is 22.6 Å². The molecule has 19 heavy (non-hydrogen) atoms. The molecule has 3 rings (SSSR count). The van der Waals surface area contributed by atoms with Crippen molar-refractivity contribution in [2.24, 2.45) is 0 Å². The smallest absolute Gasteiger partial charge is 0.124 e. The largest absolute Gasteiger partial charge is 0.381 e. The molecule has 0 bridgehead atoms. The van der Waals surface area contributed by atoms with E-state index in [9.17, 15) is 4.39 Å². The molecule has 1 aromatic rings. The van der Waals surface area contributed by atoms with Crippen LogP contribution in [-0.4, -0.2) is 31.5 Å². The quantitative estimate of drug-likeness (QED) is 0.804. The molecule has 2 atom stereocenters. The molecule has 2 aliphatic rings. The van der Waals surface area contributed by atoms with Gasteiger partial charge < -0.3 is 14.8 Å². The summed E-state index contributed by atoms with van der Waals surface area (Å²) in [5, 5.41) is 3.52. The molecule has 2 heterocycles. The number of rotatable bonds is 2. The highest BCUT2D eigenvalue weighted by molar-refractivity contribution is 14.1. The van der Waals surface area contributed by atoms with Crippen LogP contribution in [0.3, 0.4) is 0 Å². The van der Waals surface area contributed by atoms with Crippen molar-refractivity contribution in [1.29, 1.82) is 0 Å². The van der Waals surface area contributed by atoms with Gasteiger partial charge >= 0.3 is 0 Å². The number of halogens is 2. The summed E-state index contributed by atoms with van der Waals surface area (Å²) in [6.07, 6.45) is 2.92. The van der Waals surface area contributed by atoms with Crippen molar-refractivity contribution in [3.8, 4) is 0 Å². The molecule has 2 unspecified atom stereocenters. The van der Waals surface area contributed by atoms with Gasteiger partial charge in [-0.05, 0) is 53.6 Å². The van der Waals surface area contributed by atoms with Crippen LogP contribution < -0.4 is 5.32 Å². The van der Waals surface area contributed by atoms with E-state index in [1.54, 1.807) is 6.07 Å². The van der Waals surface area contributed by atoms with Crippen LogP contribution in [0.2, 0.25) is 0 Å². The minimum Gasteiger partial charge on any atom is -0.381 e. The zero-order valence-electron chi connectivity index (χ0n) is 10.6. The summed E-state index contributed by atoms with van der Waals surface area (Å²) in [6, 6.07) is 5.23. The summed E-state index contributed by atoms with van der Waals surface area (Å²) < 4.78 is 25.4. The fourth-order valence-corrected chi connectivity index (χ4v) is 3.47. The molecule has 3 nitrogen and oxygen atoms in total. The number of anilines is 1. The van der Waals surface area contributed by atoms with Crippen LogP contribution in [0, 0.1) is 9.39 Å². The Kier molecular flexibility index (Phi) is 3.96. The average molecular weight is 377 g/mol. The molecule has 5 heteroatoms. The Hall–Kier alpha value is -0.400. The fraction of sp³-hybridized carbons (Fsp3) is 0.571. The van der Waals surface area contributed by atoms with Gasteiger partial charge in [0.25, 0.3) is 0 Å². The van der Waals surface area contributed by atoms with Crippen molar-refractivity contribution in [3.63, 3.8) is 0 Å². The molecule has 0 amide bonds. The molecular weight excluding hydrogens is 360 g/mol. The Labute approximate surface area is 126 Å². The van der Waals surface area contributed by atoms with Crippen LogP contribution in [0.4, 0.5) is 10.1 Å². The third-order valence-corrected chi connectivity index (χ3v) is 4.74. The SMILES string of the molecule is Fc1ccc(NC2CCOC3(CCOC3)C2)c(I)c1. The molecule has 1 N–H and O–H groups in total. The highest BCUT2D eigenvalue weighted by atomic mass is 127. The minimum atomic E-state index is -0.192. The number of ether oxygens (including phenoxy) is 2. The first-order chi connectivity index (χ1) is 9.17. The lowest BCUT2D eigenvalue weighted by Gasteiger charge is -2.37. The molecule has 2 aliphatic heterocycles. The molecule has 1 spiro atoms. The van der Waals surface area contributed by atoms with E-state index in [1.807, 2.05) is 6.07 Å². The van der Waals surface area contributed by atoms with E-state index in [4.69, 9.17) is 9.47 Å². The standard InChI is InChI=1S/C14H17FINO2/c15-10-1-2-13(12(16)7-10)17-11-3-5-19-14(8-11)4-6-18-9-14/h1-2,7,11,17H,3-6,8-9H2. The maximum Gasteiger partial charge on any atom is 0.124 e. The van der Waals surface area contributed by atoms with Gasteiger partial charge in [0.15, 0.2) is 0 Å². The van der Waals surface area contributed by atoms with Crippen LogP contribution in [0.25, 0.3) is 0 Å². The minimum absolute atomic E-state index is 0.0958. The maximum atomic E-state index is 13.1. The van der Waals surface area contributed by atoms with Gasteiger partial charge in [-0.3, -0.25) is 0 Å². The Morgan fingerprint density at radius 2 is 2.26 bits per heavy atom. The Bertz CT molecular complexity index is 463. The fourth-order valence-electron chi connectivity index (χ4n) is 2.84. The predicted octanol–water partition coefficient (Wildman–Crippen LogP) is 3.18. The third-order valence-electron chi connectivity index (χ3n) is 3.85. The van der Waals surface area contributed by atoms with Gasteiger partial charge in [-0.25, -0.2) is 4.39 Å². The average Bonchev–Trinajstić information content (AvgIpc) is 2.81. The number of nitrogens with one attached hydrogen (secondary N) is 1. The predicted molar refractivity (Wildman–Crippen MR) is 79.9 cm³/mol. The molecule has 2 fully saturated rings. The van der Waals surface area contributed by atoms with E-state index in [0.717, 1.165) is 41.7 Å². The van der Waals surface area contributed by atoms with Crippen molar-refractivity contribution in [3.05, 3.63) is 27.6 Å². The van der Waals surface area contributed by atoms with Crippen LogP contribution in [0.1, 0.15) is 19.3 Å². The first-order valence-corrected chi connectivity index (χ1v) is 7.68. The summed E-state index contributed by atoms with van der Waals surface area (Å²) in [5.74, 6) is -0.192. The molecule has 0 saturated carbocycles. The van der Waals surface area contributed by atoms with Gasteiger partial charge in [0, 0.05) is 34.9 Å². The molecular formula is C14H17FINO2. The van der Waals surface area contributed by atoms with Crippen LogP contribution in [0.5, 0.6) is 0 Å². The summed E-state index contributed by atoms with van der Waals surface area (Å²) in [7, 11) is 0. The second-order valence-electron chi connectivity index (χ2n) is 5.29. The molecule has 0 aromatic heterocycles. The van der Waals surface area contributed by atoms with Crippen molar-refractivity contribution >= 4 is 28.3 Å². The van der Waals surface area contributed by atoms with Crippen LogP contribution in [0.15, 0.2) is 18.2 Å². The highest BCUT2D eigenvalue weighted by Gasteiger charge is 2.41. The molecule has 104 valence electrons. The first-order valence-electron chi connectivity index (χ1n) is 6.60. The monoisotopic (exact) mass is 377 g/mol. The number of hydrogen-bond acceptors (Lipinski definition) is 3. The molecule has 0 aliphatic carbocycles. The Morgan fingerprint density at radius 1 is 1.37 bits per heavy atom. The number of benzene rings is 1. The zero-order valence-corrected chi connectivity index (χ0v) is 12.8. The van der Waals surface area contributed by atoms with Gasteiger partial charge in [0.05, 0.1) is 12.2 Å². The van der Waals surface area contributed by atoms with Crippen molar-refractivity contribution in [1.82, 2.24) is 0 Å². The maximum absolute atomic E-state index is 13.1. The number of hydrogen-bond donors (Lipinski definition) is 1. The van der Waals surface area contributed by atoms with Gasteiger partial charge in [0.1, 0.15) is 5.82 Å². The lowest BCUT2D eigenvalue weighted by molar-refractivity contribution is -0.0828. The van der Waals surface area contributed by atoms with Gasteiger partial charge in [-0.2, -0.15) is 0 Å². The van der Waals surface area contributed by atoms with Crippen LogP contribution in [-0.2, 0) is 9.47 Å². The lowest BCUT2D eigenvalue weighted by atomic mass is 9.89. The second-order valence-corrected chi connectivity index (χ2v) is 6.45. The summed E-state index contributed by atoms with van der Waals surface area (Å²) >= 11 is 2.16. The van der Waals surface area contributed by atoms with E-state index in [2.05, 4.69) is 27.9 Å². The highest BCUT2D eigenvalue weighted by Crippen LogP contribution is 2.34. The van der Waals surface area contributed by atoms with Crippen molar-refractivity contribution < 1.29 is 13.9 Å². The second kappa shape index (κ2) is 5.54. The van der Waals surface area contributed by atoms with E-state index in [1.165, 1.54) is 6.07 Å². The summed E-state index contributed by atoms with van der Waals surface area (Å²) in [4.78, 5) is 0. The van der Waals surface area contributed by atoms with Crippen molar-refractivity contribution in [2.45, 2.75) is 30.9 Å². The zero-order chi connectivity index (χ0) is 13.3. The van der Waals surface area contributed by atoms with Crippen molar-refractivity contribution in [2.75, 3.05) is 25.1 Å². The third kappa shape index (κ3) is 3.03. The first kappa shape index (κ1) is 13.6. The molecule has 1 aromatic carbocycles. The van der Waals surface area contributed by atoms with Gasteiger partial charge in [-0.15, -0.1) is 0 Å². The van der Waals surface area contributed by atoms with E-state index < -0.39 is 0 Å². The lowest BCUT2D eigenvalue weighted by Crippen LogP contribution is -2.45. The summed E-state index contributed by atoms with van der Waals surface area (Å²) in [5.41, 5.74) is 0.907. The van der Waals surface area contributed by atoms with Gasteiger partial charge in [-0.1, -0.05) is 0 Å². The molecule has 0 radical (unpaired) electrons. The van der Waals surface area contributed by atoms with Gasteiger partial charge in [0.2, 0.25) is 0 Å². The van der Waals surface area contributed by atoms with E-state index in [0.29, 0.717) is 12.6 Å². The molecule has 2 saturated heterocycles.